The third-order valence-electron chi connectivity index (χ3n) is 3.57. The molecule has 0 amide bonds. The van der Waals surface area contributed by atoms with Crippen LogP contribution in [0.15, 0.2) is 58.5 Å². The van der Waals surface area contributed by atoms with E-state index in [4.69, 9.17) is 5.41 Å². The number of hydrogen-bond acceptors (Lipinski definition) is 6. The van der Waals surface area contributed by atoms with Crippen LogP contribution in [0.5, 0.6) is 11.5 Å². The van der Waals surface area contributed by atoms with Crippen LogP contribution in [0.2, 0.25) is 0 Å². The number of benzene rings is 2. The average Bonchev–Trinajstić information content (AvgIpc) is 2.56. The van der Waals surface area contributed by atoms with Gasteiger partial charge < -0.3 is 15.6 Å². The summed E-state index contributed by atoms with van der Waals surface area (Å²) in [6, 6.07) is 12.6. The predicted molar refractivity (Wildman–Crippen MR) is 92.4 cm³/mol. The van der Waals surface area contributed by atoms with Crippen molar-refractivity contribution in [3.63, 3.8) is 0 Å². The SMILES string of the molecule is N=C1CC(=O)C(=Nc2ccc(O)cc2)CC1=Nc1ccc(O)cc1. The van der Waals surface area contributed by atoms with E-state index in [-0.39, 0.29) is 35.8 Å². The van der Waals surface area contributed by atoms with E-state index >= 15 is 0 Å². The molecule has 0 spiro atoms. The summed E-state index contributed by atoms with van der Waals surface area (Å²) >= 11 is 0. The third-order valence-corrected chi connectivity index (χ3v) is 3.57. The van der Waals surface area contributed by atoms with Gasteiger partial charge in [0.2, 0.25) is 0 Å². The summed E-state index contributed by atoms with van der Waals surface area (Å²) in [6.45, 7) is 0. The van der Waals surface area contributed by atoms with Crippen molar-refractivity contribution >= 4 is 34.3 Å². The van der Waals surface area contributed by atoms with Crippen molar-refractivity contribution < 1.29 is 15.0 Å². The van der Waals surface area contributed by atoms with Gasteiger partial charge in [0.1, 0.15) is 11.5 Å². The number of Topliss-reactive ketones (excluding diaryl/α,β-unsaturated/α-hetero) is 1. The summed E-state index contributed by atoms with van der Waals surface area (Å²) in [5, 5.41) is 26.6. The number of hydrogen-bond donors (Lipinski definition) is 3. The monoisotopic (exact) mass is 321 g/mol. The lowest BCUT2D eigenvalue weighted by Crippen LogP contribution is -2.32. The molecule has 1 aliphatic carbocycles. The molecule has 0 bridgehead atoms. The number of carbonyl (C=O) groups excluding carboxylic acids is 1. The van der Waals surface area contributed by atoms with E-state index in [0.29, 0.717) is 22.8 Å². The Morgan fingerprint density at radius 3 is 1.71 bits per heavy atom. The van der Waals surface area contributed by atoms with Gasteiger partial charge in [0.05, 0.1) is 34.9 Å². The van der Waals surface area contributed by atoms with Gasteiger partial charge in [0.25, 0.3) is 0 Å². The second-order valence-electron chi connectivity index (χ2n) is 5.41. The van der Waals surface area contributed by atoms with Crippen molar-refractivity contribution in [2.24, 2.45) is 9.98 Å². The van der Waals surface area contributed by atoms with Crippen LogP contribution in [-0.4, -0.2) is 33.1 Å². The Kier molecular flexibility index (Phi) is 4.20. The van der Waals surface area contributed by atoms with Crippen molar-refractivity contribution in [2.45, 2.75) is 12.8 Å². The van der Waals surface area contributed by atoms with Crippen LogP contribution in [0.4, 0.5) is 11.4 Å². The Morgan fingerprint density at radius 1 is 0.750 bits per heavy atom. The first kappa shape index (κ1) is 15.6. The summed E-state index contributed by atoms with van der Waals surface area (Å²) in [6.07, 6.45) is 0.146. The summed E-state index contributed by atoms with van der Waals surface area (Å²) < 4.78 is 0. The van der Waals surface area contributed by atoms with Gasteiger partial charge in [-0.3, -0.25) is 9.79 Å². The number of ketones is 1. The van der Waals surface area contributed by atoms with Crippen molar-refractivity contribution in [1.82, 2.24) is 0 Å². The number of phenolic OH excluding ortho intramolecular Hbond substituents is 2. The molecule has 2 aromatic carbocycles. The molecule has 3 N–H and O–H groups in total. The Labute approximate surface area is 138 Å². The quantitative estimate of drug-likeness (QED) is 0.789. The number of nitrogens with zero attached hydrogens (tertiary/aromatic N) is 2. The first-order chi connectivity index (χ1) is 11.5. The Morgan fingerprint density at radius 2 is 1.21 bits per heavy atom. The molecular formula is C18H15N3O3. The predicted octanol–water partition coefficient (Wildman–Crippen LogP) is 3.33. The fraction of sp³-hybridized carbons (Fsp3) is 0.111. The fourth-order valence-corrected chi connectivity index (χ4v) is 2.30. The van der Waals surface area contributed by atoms with Crippen molar-refractivity contribution in [1.29, 1.82) is 5.41 Å². The molecule has 0 heterocycles. The zero-order valence-corrected chi connectivity index (χ0v) is 12.7. The van der Waals surface area contributed by atoms with Crippen LogP contribution in [0.3, 0.4) is 0 Å². The topological polar surface area (TPSA) is 106 Å². The molecular weight excluding hydrogens is 306 g/mol. The molecule has 0 atom stereocenters. The molecule has 0 aromatic heterocycles. The van der Waals surface area contributed by atoms with Gasteiger partial charge in [-0.15, -0.1) is 0 Å². The highest BCUT2D eigenvalue weighted by molar-refractivity contribution is 6.61. The molecule has 2 aromatic rings. The van der Waals surface area contributed by atoms with Crippen LogP contribution in [-0.2, 0) is 4.79 Å². The molecule has 6 nitrogen and oxygen atoms in total. The number of phenols is 2. The molecule has 0 radical (unpaired) electrons. The maximum atomic E-state index is 12.1. The molecule has 6 heteroatoms. The minimum absolute atomic E-state index is 0.0339. The maximum Gasteiger partial charge on any atom is 0.183 e. The van der Waals surface area contributed by atoms with Gasteiger partial charge in [0, 0.05) is 6.42 Å². The lowest BCUT2D eigenvalue weighted by molar-refractivity contribution is -0.112. The summed E-state index contributed by atoms with van der Waals surface area (Å²) in [4.78, 5) is 20.8. The van der Waals surface area contributed by atoms with Crippen LogP contribution >= 0.6 is 0 Å². The molecule has 1 saturated carbocycles. The van der Waals surface area contributed by atoms with Gasteiger partial charge in [-0.1, -0.05) is 0 Å². The third kappa shape index (κ3) is 3.55. The molecule has 1 aliphatic rings. The van der Waals surface area contributed by atoms with E-state index in [0.717, 1.165) is 0 Å². The first-order valence-corrected chi connectivity index (χ1v) is 7.35. The van der Waals surface area contributed by atoms with E-state index in [1.54, 1.807) is 24.3 Å². The summed E-state index contributed by atoms with van der Waals surface area (Å²) in [7, 11) is 0. The van der Waals surface area contributed by atoms with E-state index in [1.807, 2.05) is 0 Å². The normalized spacial score (nSPS) is 18.3. The van der Waals surface area contributed by atoms with Crippen molar-refractivity contribution in [3.8, 4) is 11.5 Å². The standard InChI is InChI=1S/C18H15N3O3/c19-15-9-18(24)17(21-12-3-7-14(23)8-4-12)10-16(15)20-11-1-5-13(22)6-2-11/h1-8,19,22-23H,9-10H2. The molecule has 3 rings (SSSR count). The van der Waals surface area contributed by atoms with Crippen molar-refractivity contribution in [2.75, 3.05) is 0 Å². The fourth-order valence-electron chi connectivity index (χ4n) is 2.30. The zero-order chi connectivity index (χ0) is 17.1. The Hall–Kier alpha value is -3.28. The molecule has 120 valence electrons. The molecule has 24 heavy (non-hydrogen) atoms. The number of aliphatic imine (C=N–C) groups is 2. The zero-order valence-electron chi connectivity index (χ0n) is 12.7. The number of carbonyl (C=O) groups is 1. The maximum absolute atomic E-state index is 12.1. The lowest BCUT2D eigenvalue weighted by Gasteiger charge is -2.16. The Balaban J connectivity index is 1.89. The molecule has 0 aliphatic heterocycles. The summed E-state index contributed by atoms with van der Waals surface area (Å²) in [5.74, 6) is 0.0745. The molecule has 0 unspecified atom stereocenters. The smallest absolute Gasteiger partial charge is 0.183 e. The molecule has 0 saturated heterocycles. The second-order valence-corrected chi connectivity index (χ2v) is 5.41. The number of rotatable bonds is 2. The minimum atomic E-state index is -0.197. The van der Waals surface area contributed by atoms with Crippen LogP contribution in [0.25, 0.3) is 0 Å². The van der Waals surface area contributed by atoms with E-state index in [1.165, 1.54) is 24.3 Å². The number of aromatic hydroxyl groups is 2. The van der Waals surface area contributed by atoms with E-state index in [2.05, 4.69) is 9.98 Å². The van der Waals surface area contributed by atoms with Crippen LogP contribution in [0.1, 0.15) is 12.8 Å². The van der Waals surface area contributed by atoms with Crippen LogP contribution < -0.4 is 0 Å². The lowest BCUT2D eigenvalue weighted by atomic mass is 9.93. The first-order valence-electron chi connectivity index (χ1n) is 7.35. The second kappa shape index (κ2) is 6.45. The van der Waals surface area contributed by atoms with Crippen molar-refractivity contribution in [3.05, 3.63) is 48.5 Å². The van der Waals surface area contributed by atoms with Gasteiger partial charge in [-0.25, -0.2) is 4.99 Å². The Bertz CT molecular complexity index is 779. The van der Waals surface area contributed by atoms with Gasteiger partial charge in [-0.2, -0.15) is 0 Å². The summed E-state index contributed by atoms with van der Waals surface area (Å²) in [5.41, 5.74) is 2.17. The number of nitrogens with one attached hydrogen (secondary N) is 1. The minimum Gasteiger partial charge on any atom is -0.508 e. The van der Waals surface area contributed by atoms with Gasteiger partial charge in [-0.05, 0) is 48.5 Å². The van der Waals surface area contributed by atoms with Crippen LogP contribution in [0, 0.1) is 5.41 Å². The highest BCUT2D eigenvalue weighted by Crippen LogP contribution is 2.22. The highest BCUT2D eigenvalue weighted by Gasteiger charge is 2.26. The highest BCUT2D eigenvalue weighted by atomic mass is 16.3. The molecule has 1 fully saturated rings. The van der Waals surface area contributed by atoms with E-state index in [9.17, 15) is 15.0 Å². The van der Waals surface area contributed by atoms with Gasteiger partial charge >= 0.3 is 0 Å². The largest absolute Gasteiger partial charge is 0.508 e. The van der Waals surface area contributed by atoms with Gasteiger partial charge in [0.15, 0.2) is 5.78 Å². The van der Waals surface area contributed by atoms with E-state index < -0.39 is 0 Å². The average molecular weight is 321 g/mol.